The number of amides is 1. The van der Waals surface area contributed by atoms with Gasteiger partial charge in [-0.15, -0.1) is 6.58 Å². The summed E-state index contributed by atoms with van der Waals surface area (Å²) in [6.45, 7) is 8.46. The molecule has 3 rings (SSSR count). The molecular formula is C30H33F3N6OS. The van der Waals surface area contributed by atoms with Crippen molar-refractivity contribution < 1.29 is 18.0 Å². The van der Waals surface area contributed by atoms with Gasteiger partial charge in [-0.2, -0.15) is 18.4 Å². The van der Waals surface area contributed by atoms with Crippen LogP contribution in [0.2, 0.25) is 0 Å². The van der Waals surface area contributed by atoms with Gasteiger partial charge in [0, 0.05) is 44.1 Å². The van der Waals surface area contributed by atoms with Crippen LogP contribution in [0.15, 0.2) is 73.7 Å². The van der Waals surface area contributed by atoms with Crippen LogP contribution in [-0.2, 0) is 30.5 Å². The van der Waals surface area contributed by atoms with Gasteiger partial charge in [-0.05, 0) is 47.5 Å². The molecular weight excluding hydrogens is 549 g/mol. The number of rotatable bonds is 12. The Morgan fingerprint density at radius 2 is 1.93 bits per heavy atom. The molecule has 1 unspecified atom stereocenters. The van der Waals surface area contributed by atoms with Crippen molar-refractivity contribution in [2.24, 2.45) is 5.92 Å². The monoisotopic (exact) mass is 582 g/mol. The average molecular weight is 583 g/mol. The molecule has 11 heteroatoms. The lowest BCUT2D eigenvalue weighted by Gasteiger charge is -2.33. The summed E-state index contributed by atoms with van der Waals surface area (Å²) in [4.78, 5) is 19.0. The molecule has 0 bridgehead atoms. The Bertz CT molecular complexity index is 1380. The maximum Gasteiger partial charge on any atom is 0.416 e. The summed E-state index contributed by atoms with van der Waals surface area (Å²) < 4.78 is 42.9. The molecule has 0 radical (unpaired) electrons. The van der Waals surface area contributed by atoms with E-state index < -0.39 is 17.8 Å². The molecule has 1 heterocycles. The van der Waals surface area contributed by atoms with Crippen LogP contribution in [0.25, 0.3) is 0 Å². The first-order chi connectivity index (χ1) is 19.5. The third-order valence-electron chi connectivity index (χ3n) is 6.51. The van der Waals surface area contributed by atoms with E-state index in [1.165, 1.54) is 12.1 Å². The zero-order valence-corrected chi connectivity index (χ0v) is 23.8. The minimum atomic E-state index is -4.51. The van der Waals surface area contributed by atoms with E-state index in [9.17, 15) is 18.0 Å². The van der Waals surface area contributed by atoms with E-state index in [2.05, 4.69) is 28.3 Å². The number of carbonyl (C=O) groups excluding carboxylic acids is 1. The molecule has 0 aliphatic rings. The molecule has 3 aromatic rings. The van der Waals surface area contributed by atoms with Gasteiger partial charge in [0.15, 0.2) is 5.11 Å². The maximum absolute atomic E-state index is 13.7. The van der Waals surface area contributed by atoms with E-state index in [0.717, 1.165) is 11.6 Å². The highest BCUT2D eigenvalue weighted by molar-refractivity contribution is 7.80. The van der Waals surface area contributed by atoms with E-state index in [4.69, 9.17) is 17.5 Å². The fourth-order valence-electron chi connectivity index (χ4n) is 4.23. The van der Waals surface area contributed by atoms with Crippen LogP contribution in [0, 0.1) is 17.2 Å². The molecule has 2 aromatic carbocycles. The van der Waals surface area contributed by atoms with E-state index in [1.807, 2.05) is 30.5 Å². The second-order valence-electron chi connectivity index (χ2n) is 9.93. The van der Waals surface area contributed by atoms with Gasteiger partial charge < -0.3 is 20.1 Å². The predicted molar refractivity (Wildman–Crippen MR) is 156 cm³/mol. The maximum atomic E-state index is 13.7. The van der Waals surface area contributed by atoms with Crippen molar-refractivity contribution in [3.63, 3.8) is 0 Å². The number of carbonyl (C=O) groups is 1. The molecule has 7 nitrogen and oxygen atoms in total. The van der Waals surface area contributed by atoms with Gasteiger partial charge in [0.2, 0.25) is 5.91 Å². The molecule has 0 aliphatic carbocycles. The lowest BCUT2D eigenvalue weighted by molar-refractivity contribution is -0.138. The highest BCUT2D eigenvalue weighted by atomic mass is 32.1. The number of hydrogen-bond acceptors (Lipinski definition) is 4. The van der Waals surface area contributed by atoms with Crippen molar-refractivity contribution in [1.29, 1.82) is 5.26 Å². The van der Waals surface area contributed by atoms with Crippen LogP contribution in [0.3, 0.4) is 0 Å². The topological polar surface area (TPSA) is 86.0 Å². The second kappa shape index (κ2) is 14.5. The predicted octanol–water partition coefficient (Wildman–Crippen LogP) is 5.07. The minimum absolute atomic E-state index is 0.0370. The SMILES string of the molecule is C=CCNC(=S)N(Cc1ccccc1C(F)(F)F)CC(NC(=O)Cc1cncn1Cc1ccc(C#N)cc1)C(C)C. The quantitative estimate of drug-likeness (QED) is 0.229. The summed E-state index contributed by atoms with van der Waals surface area (Å²) in [5.74, 6) is -0.282. The Hall–Kier alpha value is -4.17. The zero-order chi connectivity index (χ0) is 30.0. The number of thiocarbonyl (C=S) groups is 1. The van der Waals surface area contributed by atoms with Crippen molar-refractivity contribution >= 4 is 23.2 Å². The average Bonchev–Trinajstić information content (AvgIpc) is 3.36. The van der Waals surface area contributed by atoms with E-state index in [-0.39, 0.29) is 42.0 Å². The molecule has 2 N–H and O–H groups in total. The van der Waals surface area contributed by atoms with Crippen LogP contribution in [0.5, 0.6) is 0 Å². The third kappa shape index (κ3) is 9.18. The number of alkyl halides is 3. The smallest absolute Gasteiger partial charge is 0.359 e. The number of benzene rings is 2. The van der Waals surface area contributed by atoms with Crippen molar-refractivity contribution in [3.05, 3.63) is 102 Å². The largest absolute Gasteiger partial charge is 0.416 e. The highest BCUT2D eigenvalue weighted by Gasteiger charge is 2.34. The standard InChI is InChI=1S/C30H33F3N6OS/c1-4-13-36-29(41)38(18-24-7-5-6-8-26(24)30(31,32)33)19-27(21(2)3)37-28(40)14-25-16-35-20-39(25)17-23-11-9-22(15-34)10-12-23/h4-12,16,20-21,27H,1,13-14,17-19H2,2-3H3,(H,36,41)(H,37,40). The van der Waals surface area contributed by atoms with Gasteiger partial charge in [-0.25, -0.2) is 4.98 Å². The molecule has 0 fully saturated rings. The summed E-state index contributed by atoms with van der Waals surface area (Å²) in [6.07, 6.45) is 0.434. The van der Waals surface area contributed by atoms with Gasteiger partial charge in [-0.3, -0.25) is 4.79 Å². The van der Waals surface area contributed by atoms with E-state index >= 15 is 0 Å². The van der Waals surface area contributed by atoms with Crippen molar-refractivity contribution in [2.75, 3.05) is 13.1 Å². The van der Waals surface area contributed by atoms with Crippen molar-refractivity contribution in [3.8, 4) is 6.07 Å². The molecule has 41 heavy (non-hydrogen) atoms. The Balaban J connectivity index is 1.74. The summed E-state index contributed by atoms with van der Waals surface area (Å²) in [7, 11) is 0. The number of nitrogens with one attached hydrogen (secondary N) is 2. The number of aromatic nitrogens is 2. The Kier molecular flexibility index (Phi) is 11.1. The molecule has 0 saturated heterocycles. The third-order valence-corrected chi connectivity index (χ3v) is 6.92. The van der Waals surface area contributed by atoms with Crippen molar-refractivity contribution in [2.45, 2.75) is 45.6 Å². The number of nitrogens with zero attached hydrogens (tertiary/aromatic N) is 4. The Morgan fingerprint density at radius 3 is 2.56 bits per heavy atom. The molecule has 216 valence electrons. The van der Waals surface area contributed by atoms with E-state index in [1.54, 1.807) is 41.7 Å². The van der Waals surface area contributed by atoms with Gasteiger partial charge >= 0.3 is 6.18 Å². The molecule has 0 saturated carbocycles. The van der Waals surface area contributed by atoms with E-state index in [0.29, 0.717) is 24.3 Å². The van der Waals surface area contributed by atoms with Crippen LogP contribution < -0.4 is 10.6 Å². The summed E-state index contributed by atoms with van der Waals surface area (Å²) in [6, 6.07) is 14.3. The molecule has 1 aromatic heterocycles. The first-order valence-electron chi connectivity index (χ1n) is 13.1. The summed E-state index contributed by atoms with van der Waals surface area (Å²) in [5, 5.41) is 15.3. The highest BCUT2D eigenvalue weighted by Crippen LogP contribution is 2.32. The van der Waals surface area contributed by atoms with Gasteiger partial charge in [0.1, 0.15) is 0 Å². The van der Waals surface area contributed by atoms with Crippen LogP contribution in [0.4, 0.5) is 13.2 Å². The number of imidazole rings is 1. The lowest BCUT2D eigenvalue weighted by atomic mass is 10.0. The zero-order valence-electron chi connectivity index (χ0n) is 23.0. The lowest BCUT2D eigenvalue weighted by Crippen LogP contribution is -2.51. The van der Waals surface area contributed by atoms with Gasteiger partial charge in [0.05, 0.1) is 29.9 Å². The first-order valence-corrected chi connectivity index (χ1v) is 13.5. The van der Waals surface area contributed by atoms with Crippen LogP contribution >= 0.6 is 12.2 Å². The molecule has 1 atom stereocenters. The molecule has 0 spiro atoms. The molecule has 0 aliphatic heterocycles. The fraction of sp³-hybridized carbons (Fsp3) is 0.333. The number of nitriles is 1. The number of halogens is 3. The van der Waals surface area contributed by atoms with Crippen LogP contribution in [0.1, 0.15) is 41.8 Å². The molecule has 1 amide bonds. The Labute approximate surface area is 243 Å². The van der Waals surface area contributed by atoms with Gasteiger partial charge in [0.25, 0.3) is 0 Å². The minimum Gasteiger partial charge on any atom is -0.359 e. The number of hydrogen-bond donors (Lipinski definition) is 2. The Morgan fingerprint density at radius 1 is 1.22 bits per heavy atom. The first kappa shape index (κ1) is 31.4. The second-order valence-corrected chi connectivity index (χ2v) is 10.3. The summed E-state index contributed by atoms with van der Waals surface area (Å²) >= 11 is 5.53. The van der Waals surface area contributed by atoms with Crippen molar-refractivity contribution in [1.82, 2.24) is 25.1 Å². The normalized spacial score (nSPS) is 11.9. The summed E-state index contributed by atoms with van der Waals surface area (Å²) in [5.41, 5.74) is 1.59. The van der Waals surface area contributed by atoms with Crippen LogP contribution in [-0.4, -0.2) is 44.6 Å². The fourth-order valence-corrected chi connectivity index (χ4v) is 4.46. The van der Waals surface area contributed by atoms with Gasteiger partial charge in [-0.1, -0.05) is 50.3 Å².